The molecule has 1 aliphatic rings. The van der Waals surface area contributed by atoms with Gasteiger partial charge in [-0.2, -0.15) is 0 Å². The quantitative estimate of drug-likeness (QED) is 0.228. The van der Waals surface area contributed by atoms with E-state index in [0.717, 1.165) is 12.1 Å². The fourth-order valence-electron chi connectivity index (χ4n) is 4.74. The van der Waals surface area contributed by atoms with Crippen LogP contribution in [0.15, 0.2) is 83.8 Å². The summed E-state index contributed by atoms with van der Waals surface area (Å²) in [5.74, 6) is 2.22. The maximum absolute atomic E-state index is 13.0. The maximum atomic E-state index is 13.0. The number of para-hydroxylation sites is 2. The second-order valence-electron chi connectivity index (χ2n) is 10.5. The smallest absolute Gasteiger partial charge is 0.269 e. The summed E-state index contributed by atoms with van der Waals surface area (Å²) in [6, 6.07) is 20.6. The van der Waals surface area contributed by atoms with Crippen molar-refractivity contribution in [3.8, 4) is 23.0 Å². The number of rotatable bonds is 4. The van der Waals surface area contributed by atoms with E-state index >= 15 is 0 Å². The van der Waals surface area contributed by atoms with Crippen molar-refractivity contribution >= 4 is 32.2 Å². The summed E-state index contributed by atoms with van der Waals surface area (Å²) >= 11 is 0. The van der Waals surface area contributed by atoms with Crippen LogP contribution in [0.1, 0.15) is 0 Å². The van der Waals surface area contributed by atoms with E-state index in [-0.39, 0.29) is 30.4 Å². The number of benzene rings is 4. The molecular formula is C34H38N2O12S. The highest BCUT2D eigenvalue weighted by Gasteiger charge is 2.18. The van der Waals surface area contributed by atoms with Crippen LogP contribution in [0, 0.1) is 10.1 Å². The number of hydrogen-bond donors (Lipinski definition) is 1. The molecule has 0 radical (unpaired) electrons. The third-order valence-electron chi connectivity index (χ3n) is 7.07. The number of fused-ring (bicyclic) bond motifs is 4. The third-order valence-corrected chi connectivity index (χ3v) is 8.46. The number of hydrogen-bond acceptors (Lipinski definition) is 12. The average molecular weight is 699 g/mol. The molecule has 0 aliphatic carbocycles. The molecule has 1 aliphatic heterocycles. The first-order valence-corrected chi connectivity index (χ1v) is 17.1. The van der Waals surface area contributed by atoms with Gasteiger partial charge in [-0.1, -0.05) is 18.2 Å². The van der Waals surface area contributed by atoms with E-state index in [1.165, 1.54) is 12.1 Å². The summed E-state index contributed by atoms with van der Waals surface area (Å²) in [5.41, 5.74) is 0.0973. The fraction of sp³-hybridized carbons (Fsp3) is 0.353. The Hall–Kier alpha value is -4.67. The largest absolute Gasteiger partial charge is 0.487 e. The Morgan fingerprint density at radius 2 is 1.08 bits per heavy atom. The zero-order valence-corrected chi connectivity index (χ0v) is 27.6. The molecule has 0 atom stereocenters. The van der Waals surface area contributed by atoms with Crippen molar-refractivity contribution in [2.24, 2.45) is 0 Å². The van der Waals surface area contributed by atoms with E-state index in [9.17, 15) is 18.5 Å². The zero-order valence-electron chi connectivity index (χ0n) is 26.7. The highest BCUT2D eigenvalue weighted by Crippen LogP contribution is 2.37. The Morgan fingerprint density at radius 3 is 1.63 bits per heavy atom. The fourth-order valence-corrected chi connectivity index (χ4v) is 5.78. The van der Waals surface area contributed by atoms with Gasteiger partial charge in [-0.3, -0.25) is 14.8 Å². The maximum Gasteiger partial charge on any atom is 0.269 e. The van der Waals surface area contributed by atoms with Gasteiger partial charge in [0.1, 0.15) is 26.4 Å². The van der Waals surface area contributed by atoms with E-state index in [1.54, 1.807) is 30.3 Å². The number of anilines is 1. The van der Waals surface area contributed by atoms with E-state index in [4.69, 9.17) is 37.9 Å². The van der Waals surface area contributed by atoms with Gasteiger partial charge in [0.25, 0.3) is 15.7 Å². The Morgan fingerprint density at radius 1 is 0.571 bits per heavy atom. The van der Waals surface area contributed by atoms with Gasteiger partial charge in [0, 0.05) is 23.2 Å². The molecule has 5 rings (SSSR count). The van der Waals surface area contributed by atoms with Gasteiger partial charge in [-0.25, -0.2) is 8.42 Å². The van der Waals surface area contributed by atoms with Crippen molar-refractivity contribution in [3.05, 3.63) is 89.0 Å². The van der Waals surface area contributed by atoms with Crippen LogP contribution in [0.3, 0.4) is 0 Å². The lowest BCUT2D eigenvalue weighted by molar-refractivity contribution is -0.384. The third kappa shape index (κ3) is 10.7. The van der Waals surface area contributed by atoms with Crippen LogP contribution < -0.4 is 23.7 Å². The van der Waals surface area contributed by atoms with Crippen molar-refractivity contribution in [3.63, 3.8) is 0 Å². The van der Waals surface area contributed by atoms with Crippen molar-refractivity contribution in [2.45, 2.75) is 4.90 Å². The second kappa shape index (κ2) is 18.2. The molecule has 1 heterocycles. The molecule has 262 valence electrons. The first-order valence-electron chi connectivity index (χ1n) is 15.7. The summed E-state index contributed by atoms with van der Waals surface area (Å²) < 4.78 is 74.9. The number of ether oxygens (including phenoxy) is 8. The highest BCUT2D eigenvalue weighted by molar-refractivity contribution is 7.92. The molecule has 0 fully saturated rings. The first-order chi connectivity index (χ1) is 23.9. The highest BCUT2D eigenvalue weighted by atomic mass is 32.2. The van der Waals surface area contributed by atoms with Gasteiger partial charge in [0.05, 0.1) is 62.7 Å². The average Bonchev–Trinajstić information content (AvgIpc) is 3.10. The molecule has 14 nitrogen and oxygen atoms in total. The summed E-state index contributed by atoms with van der Waals surface area (Å²) in [6.45, 7) is 4.04. The zero-order chi connectivity index (χ0) is 34.3. The molecule has 4 aromatic carbocycles. The van der Waals surface area contributed by atoms with Crippen LogP contribution in [-0.4, -0.2) is 92.6 Å². The van der Waals surface area contributed by atoms with Gasteiger partial charge < -0.3 is 37.9 Å². The molecule has 15 heteroatoms. The molecule has 0 aromatic heterocycles. The predicted molar refractivity (Wildman–Crippen MR) is 180 cm³/mol. The Labute approximate surface area is 283 Å². The topological polar surface area (TPSA) is 163 Å². The van der Waals surface area contributed by atoms with E-state index in [1.807, 2.05) is 24.3 Å². The summed E-state index contributed by atoms with van der Waals surface area (Å²) in [6.07, 6.45) is 0. The molecule has 0 saturated heterocycles. The van der Waals surface area contributed by atoms with Crippen LogP contribution in [0.5, 0.6) is 23.0 Å². The minimum Gasteiger partial charge on any atom is -0.487 e. The molecule has 0 unspecified atom stereocenters. The van der Waals surface area contributed by atoms with Crippen molar-refractivity contribution in [2.75, 3.05) is 84.0 Å². The lowest BCUT2D eigenvalue weighted by atomic mass is 10.1. The Bertz CT molecular complexity index is 1770. The monoisotopic (exact) mass is 698 g/mol. The van der Waals surface area contributed by atoms with E-state index < -0.39 is 14.9 Å². The number of sulfonamides is 1. The van der Waals surface area contributed by atoms with Gasteiger partial charge in [0.15, 0.2) is 23.0 Å². The number of nitrogens with zero attached hydrogens (tertiary/aromatic N) is 1. The van der Waals surface area contributed by atoms with E-state index in [2.05, 4.69) is 4.72 Å². The standard InChI is InChI=1S/C34H38N2O12S/c37-36(38)28-7-9-29(10-8-28)49(39,40)35-27-6-11-30-26(25-27)5-12-33-34(30)48-24-20-44-16-15-42-18-22-46-32-4-2-1-3-31(32)45-21-17-41-13-14-43-19-23-47-33/h1-12,25,35H,13-24H2. The number of nitro groups is 1. The lowest BCUT2D eigenvalue weighted by Crippen LogP contribution is -2.15. The van der Waals surface area contributed by atoms with Gasteiger partial charge in [0.2, 0.25) is 0 Å². The minimum absolute atomic E-state index is 0.104. The number of nitro benzene ring substituents is 1. The summed E-state index contributed by atoms with van der Waals surface area (Å²) in [5, 5.41) is 12.3. The number of non-ortho nitro benzene ring substituents is 1. The molecule has 0 bridgehead atoms. The molecular weight excluding hydrogens is 660 g/mol. The number of nitrogens with one attached hydrogen (secondary N) is 1. The molecule has 4 aromatic rings. The molecule has 0 saturated carbocycles. The normalized spacial score (nSPS) is 16.2. The van der Waals surface area contributed by atoms with Crippen LogP contribution in [0.4, 0.5) is 11.4 Å². The summed E-state index contributed by atoms with van der Waals surface area (Å²) in [4.78, 5) is 10.3. The molecule has 0 amide bonds. The van der Waals surface area contributed by atoms with E-state index in [0.29, 0.717) is 98.9 Å². The second-order valence-corrected chi connectivity index (χ2v) is 12.2. The Kier molecular flexibility index (Phi) is 13.2. The first kappa shape index (κ1) is 35.6. The van der Waals surface area contributed by atoms with Crippen molar-refractivity contribution in [1.82, 2.24) is 0 Å². The van der Waals surface area contributed by atoms with Gasteiger partial charge in [-0.05, 0) is 53.9 Å². The van der Waals surface area contributed by atoms with Crippen molar-refractivity contribution in [1.29, 1.82) is 0 Å². The van der Waals surface area contributed by atoms with Crippen LogP contribution in [0.2, 0.25) is 0 Å². The van der Waals surface area contributed by atoms with Gasteiger partial charge >= 0.3 is 0 Å². The van der Waals surface area contributed by atoms with Crippen LogP contribution in [0.25, 0.3) is 10.8 Å². The lowest BCUT2D eigenvalue weighted by Gasteiger charge is -2.17. The SMILES string of the molecule is O=[N+]([O-])c1ccc(S(=O)(=O)Nc2ccc3c4c(ccc3c2)OCCOCCOCCOc2ccccc2OCCOCCOCCO4)cc1. The Balaban J connectivity index is 1.22. The molecule has 1 N–H and O–H groups in total. The minimum atomic E-state index is -4.00. The van der Waals surface area contributed by atoms with Crippen molar-refractivity contribution < 1.29 is 51.2 Å². The van der Waals surface area contributed by atoms with Gasteiger partial charge in [-0.15, -0.1) is 0 Å². The van der Waals surface area contributed by atoms with Crippen LogP contribution >= 0.6 is 0 Å². The predicted octanol–water partition coefficient (Wildman–Crippen LogP) is 4.84. The summed E-state index contributed by atoms with van der Waals surface area (Å²) in [7, 11) is -4.00. The van der Waals surface area contributed by atoms with Crippen LogP contribution in [-0.2, 0) is 29.0 Å². The molecule has 49 heavy (non-hydrogen) atoms. The molecule has 0 spiro atoms.